The number of aromatic nitrogens is 1. The molecule has 0 unspecified atom stereocenters. The molecule has 6 nitrogen and oxygen atoms in total. The molecule has 1 aromatic carbocycles. The number of ether oxygens (including phenoxy) is 1. The van der Waals surface area contributed by atoms with Gasteiger partial charge >= 0.3 is 5.97 Å². The third-order valence-electron chi connectivity index (χ3n) is 2.78. The molecule has 0 saturated carbocycles. The number of halogens is 2. The second-order valence-electron chi connectivity index (χ2n) is 4.45. The molecule has 0 bridgehead atoms. The fourth-order valence-corrected chi connectivity index (χ4v) is 1.97. The zero-order chi connectivity index (χ0) is 16.3. The van der Waals surface area contributed by atoms with Crippen LogP contribution in [0.3, 0.4) is 0 Å². The predicted octanol–water partition coefficient (Wildman–Crippen LogP) is 2.88. The molecule has 116 valence electrons. The SMILES string of the molecule is Cc1noc(C)c1C(=O)OCC(=O)Nc1ccc(F)cc1Cl. The van der Waals surface area contributed by atoms with E-state index in [-0.39, 0.29) is 16.3 Å². The minimum atomic E-state index is -0.711. The number of nitrogens with one attached hydrogen (secondary N) is 1. The van der Waals surface area contributed by atoms with Gasteiger partial charge in [0.1, 0.15) is 17.1 Å². The minimum absolute atomic E-state index is 0.0467. The van der Waals surface area contributed by atoms with Crippen molar-refractivity contribution in [3.8, 4) is 0 Å². The lowest BCUT2D eigenvalue weighted by molar-refractivity contribution is -0.119. The number of aryl methyl sites for hydroxylation is 2. The van der Waals surface area contributed by atoms with Gasteiger partial charge in [-0.1, -0.05) is 16.8 Å². The van der Waals surface area contributed by atoms with Crippen LogP contribution in [0.2, 0.25) is 5.02 Å². The first-order chi connectivity index (χ1) is 10.4. The summed E-state index contributed by atoms with van der Waals surface area (Å²) in [6.45, 7) is 2.64. The number of anilines is 1. The Kier molecular flexibility index (Phi) is 4.77. The van der Waals surface area contributed by atoms with E-state index >= 15 is 0 Å². The Balaban J connectivity index is 1.94. The van der Waals surface area contributed by atoms with Crippen LogP contribution < -0.4 is 5.32 Å². The second-order valence-corrected chi connectivity index (χ2v) is 4.85. The molecule has 1 aromatic heterocycles. The zero-order valence-electron chi connectivity index (χ0n) is 11.8. The summed E-state index contributed by atoms with van der Waals surface area (Å²) in [4.78, 5) is 23.6. The van der Waals surface area contributed by atoms with E-state index in [1.165, 1.54) is 6.07 Å². The average molecular weight is 327 g/mol. The first-order valence-electron chi connectivity index (χ1n) is 6.23. The lowest BCUT2D eigenvalue weighted by Crippen LogP contribution is -2.21. The fourth-order valence-electron chi connectivity index (χ4n) is 1.75. The van der Waals surface area contributed by atoms with Crippen LogP contribution in [0, 0.1) is 19.7 Å². The quantitative estimate of drug-likeness (QED) is 0.874. The molecule has 0 saturated heterocycles. The maximum Gasteiger partial charge on any atom is 0.344 e. The molecule has 8 heteroatoms. The highest BCUT2D eigenvalue weighted by atomic mass is 35.5. The van der Waals surface area contributed by atoms with Crippen LogP contribution in [0.5, 0.6) is 0 Å². The molecule has 1 amide bonds. The van der Waals surface area contributed by atoms with Gasteiger partial charge in [-0.2, -0.15) is 0 Å². The number of esters is 1. The van der Waals surface area contributed by atoms with Crippen molar-refractivity contribution >= 4 is 29.2 Å². The highest BCUT2D eigenvalue weighted by molar-refractivity contribution is 6.33. The maximum atomic E-state index is 12.9. The Morgan fingerprint density at radius 3 is 2.73 bits per heavy atom. The maximum absolute atomic E-state index is 12.9. The minimum Gasteiger partial charge on any atom is -0.452 e. The van der Waals surface area contributed by atoms with Crippen LogP contribution in [0.1, 0.15) is 21.8 Å². The summed E-state index contributed by atoms with van der Waals surface area (Å²) >= 11 is 5.78. The molecule has 0 aliphatic rings. The Morgan fingerprint density at radius 1 is 1.41 bits per heavy atom. The van der Waals surface area contributed by atoms with Crippen molar-refractivity contribution in [3.63, 3.8) is 0 Å². The molecule has 22 heavy (non-hydrogen) atoms. The highest BCUT2D eigenvalue weighted by Gasteiger charge is 2.20. The van der Waals surface area contributed by atoms with Gasteiger partial charge in [-0.05, 0) is 32.0 Å². The summed E-state index contributed by atoms with van der Waals surface area (Å²) in [7, 11) is 0. The topological polar surface area (TPSA) is 81.4 Å². The Hall–Kier alpha value is -2.41. The van der Waals surface area contributed by atoms with E-state index in [9.17, 15) is 14.0 Å². The van der Waals surface area contributed by atoms with E-state index in [1.807, 2.05) is 0 Å². The number of hydrogen-bond donors (Lipinski definition) is 1. The Morgan fingerprint density at radius 2 is 2.14 bits per heavy atom. The third kappa shape index (κ3) is 3.62. The van der Waals surface area contributed by atoms with Crippen molar-refractivity contribution < 1.29 is 23.2 Å². The van der Waals surface area contributed by atoms with E-state index in [0.717, 1.165) is 12.1 Å². The number of carbonyl (C=O) groups is 2. The van der Waals surface area contributed by atoms with Crippen molar-refractivity contribution in [2.75, 3.05) is 11.9 Å². The second kappa shape index (κ2) is 6.57. The summed E-state index contributed by atoms with van der Waals surface area (Å²) in [6.07, 6.45) is 0. The van der Waals surface area contributed by atoms with E-state index < -0.39 is 24.3 Å². The molecule has 0 atom stereocenters. The van der Waals surface area contributed by atoms with Crippen molar-refractivity contribution in [2.45, 2.75) is 13.8 Å². The molecule has 0 aliphatic carbocycles. The molecule has 0 radical (unpaired) electrons. The molecule has 1 N–H and O–H groups in total. The van der Waals surface area contributed by atoms with Crippen molar-refractivity contribution in [1.29, 1.82) is 0 Å². The first kappa shape index (κ1) is 16.0. The van der Waals surface area contributed by atoms with Crippen LogP contribution in [0.25, 0.3) is 0 Å². The summed E-state index contributed by atoms with van der Waals surface area (Å²) in [5.74, 6) is -1.53. The molecule has 0 aliphatic heterocycles. The molecule has 2 aromatic rings. The largest absolute Gasteiger partial charge is 0.452 e. The monoisotopic (exact) mass is 326 g/mol. The summed E-state index contributed by atoms with van der Waals surface area (Å²) in [5.41, 5.74) is 0.790. The van der Waals surface area contributed by atoms with Crippen LogP contribution in [0.4, 0.5) is 10.1 Å². The molecular formula is C14H12ClFN2O4. The summed E-state index contributed by atoms with van der Waals surface area (Å²) in [5, 5.41) is 6.08. The van der Waals surface area contributed by atoms with E-state index in [2.05, 4.69) is 10.5 Å². The molecule has 1 heterocycles. The Labute approximate surface area is 130 Å². The molecular weight excluding hydrogens is 315 g/mol. The number of benzene rings is 1. The number of carbonyl (C=O) groups excluding carboxylic acids is 2. The van der Waals surface area contributed by atoms with Crippen LogP contribution in [0.15, 0.2) is 22.7 Å². The number of hydrogen-bond acceptors (Lipinski definition) is 5. The standard InChI is InChI=1S/C14H12ClFN2O4/c1-7-13(8(2)22-18-7)14(20)21-6-12(19)17-11-4-3-9(16)5-10(11)15/h3-5H,6H2,1-2H3,(H,17,19). The highest BCUT2D eigenvalue weighted by Crippen LogP contribution is 2.22. The Bertz CT molecular complexity index is 710. The van der Waals surface area contributed by atoms with Gasteiger partial charge in [0.25, 0.3) is 5.91 Å². The smallest absolute Gasteiger partial charge is 0.344 e. The lowest BCUT2D eigenvalue weighted by Gasteiger charge is -2.08. The fraction of sp³-hybridized carbons (Fsp3) is 0.214. The summed E-state index contributed by atoms with van der Waals surface area (Å²) < 4.78 is 22.6. The van der Waals surface area contributed by atoms with Crippen LogP contribution in [-0.4, -0.2) is 23.6 Å². The van der Waals surface area contributed by atoms with Gasteiger partial charge in [-0.15, -0.1) is 0 Å². The van der Waals surface area contributed by atoms with E-state index in [0.29, 0.717) is 11.5 Å². The lowest BCUT2D eigenvalue weighted by atomic mass is 10.2. The van der Waals surface area contributed by atoms with Gasteiger partial charge in [0.15, 0.2) is 6.61 Å². The number of amides is 1. The summed E-state index contributed by atoms with van der Waals surface area (Å²) in [6, 6.07) is 3.52. The first-order valence-corrected chi connectivity index (χ1v) is 6.61. The third-order valence-corrected chi connectivity index (χ3v) is 3.09. The van der Waals surface area contributed by atoms with Gasteiger partial charge in [0.05, 0.1) is 16.4 Å². The van der Waals surface area contributed by atoms with Crippen LogP contribution in [-0.2, 0) is 9.53 Å². The number of nitrogens with zero attached hydrogens (tertiary/aromatic N) is 1. The van der Waals surface area contributed by atoms with Gasteiger partial charge in [-0.25, -0.2) is 9.18 Å². The predicted molar refractivity (Wildman–Crippen MR) is 76.3 cm³/mol. The number of rotatable bonds is 4. The average Bonchev–Trinajstić information content (AvgIpc) is 2.79. The van der Waals surface area contributed by atoms with Crippen LogP contribution >= 0.6 is 11.6 Å². The van der Waals surface area contributed by atoms with Crippen molar-refractivity contribution in [1.82, 2.24) is 5.16 Å². The van der Waals surface area contributed by atoms with Gasteiger partial charge < -0.3 is 14.6 Å². The zero-order valence-corrected chi connectivity index (χ0v) is 12.5. The van der Waals surface area contributed by atoms with Crippen molar-refractivity contribution in [3.05, 3.63) is 46.1 Å². The van der Waals surface area contributed by atoms with Gasteiger partial charge in [0, 0.05) is 0 Å². The molecule has 0 fully saturated rings. The normalized spacial score (nSPS) is 10.4. The van der Waals surface area contributed by atoms with E-state index in [4.69, 9.17) is 20.9 Å². The molecule has 2 rings (SSSR count). The molecule has 0 spiro atoms. The van der Waals surface area contributed by atoms with Crippen molar-refractivity contribution in [2.24, 2.45) is 0 Å². The van der Waals surface area contributed by atoms with Gasteiger partial charge in [-0.3, -0.25) is 4.79 Å². The van der Waals surface area contributed by atoms with Gasteiger partial charge in [0.2, 0.25) is 0 Å². The van der Waals surface area contributed by atoms with E-state index in [1.54, 1.807) is 13.8 Å².